The van der Waals surface area contributed by atoms with Crippen LogP contribution in [0.15, 0.2) is 236 Å². The number of anilines is 3. The Morgan fingerprint density at radius 2 is 0.879 bits per heavy atom. The third-order valence-electron chi connectivity index (χ3n) is 11.2. The molecule has 1 nitrogen and oxygen atoms in total. The van der Waals surface area contributed by atoms with E-state index in [0.29, 0.717) is 10.9 Å². The van der Waals surface area contributed by atoms with Gasteiger partial charge in [0.15, 0.2) is 0 Å². The predicted molar refractivity (Wildman–Crippen MR) is 244 cm³/mol. The lowest BCUT2D eigenvalue weighted by atomic mass is 9.67. The third kappa shape index (κ3) is 5.39. The Kier molecular flexibility index (Phi) is 5.50. The largest absolute Gasteiger partial charge is 0.310 e. The predicted octanol–water partition coefficient (Wildman–Crippen LogP) is 15.2. The number of benzene rings is 10. The highest BCUT2D eigenvalue weighted by Gasteiger charge is 2.46. The van der Waals surface area contributed by atoms with E-state index in [2.05, 4.69) is 6.07 Å². The van der Waals surface area contributed by atoms with E-state index in [1.807, 2.05) is 146 Å². The molecule has 1 aliphatic carbocycles. The molecule has 0 atom stereocenters. The topological polar surface area (TPSA) is 3.24 Å². The first-order valence-corrected chi connectivity index (χ1v) is 19.0. The van der Waals surface area contributed by atoms with Gasteiger partial charge in [0.05, 0.1) is 23.2 Å². The second-order valence-electron chi connectivity index (χ2n) is 14.2. The molecule has 1 aliphatic rings. The summed E-state index contributed by atoms with van der Waals surface area (Å²) in [6.45, 7) is 0. The zero-order valence-corrected chi connectivity index (χ0v) is 31.0. The highest BCUT2D eigenvalue weighted by molar-refractivity contribution is 6.13. The number of hydrogen-bond donors (Lipinski definition) is 0. The average Bonchev–Trinajstić information content (AvgIpc) is 3.70. The first-order valence-electron chi connectivity index (χ1n) is 25.5. The normalized spacial score (nSPS) is 15.8. The summed E-state index contributed by atoms with van der Waals surface area (Å²) in [6.07, 6.45) is 0. The Morgan fingerprint density at radius 3 is 1.57 bits per heavy atom. The lowest BCUT2D eigenvalue weighted by molar-refractivity contribution is 0.768. The third-order valence-corrected chi connectivity index (χ3v) is 11.2. The molecule has 10 aromatic rings. The van der Waals surface area contributed by atoms with Crippen molar-refractivity contribution >= 4 is 38.6 Å². The van der Waals surface area contributed by atoms with Gasteiger partial charge in [-0.05, 0) is 120 Å². The molecule has 0 heterocycles. The van der Waals surface area contributed by atoms with Gasteiger partial charge in [-0.3, -0.25) is 0 Å². The molecule has 0 bridgehead atoms. The van der Waals surface area contributed by atoms with Crippen molar-refractivity contribution in [2.24, 2.45) is 0 Å². The van der Waals surface area contributed by atoms with E-state index < -0.39 is 101 Å². The van der Waals surface area contributed by atoms with Crippen LogP contribution in [0.4, 0.5) is 17.1 Å². The zero-order valence-electron chi connectivity index (χ0n) is 44.0. The molecule has 0 saturated carbocycles. The van der Waals surface area contributed by atoms with Crippen molar-refractivity contribution in [1.29, 1.82) is 0 Å². The molecule has 0 amide bonds. The van der Waals surface area contributed by atoms with Crippen molar-refractivity contribution in [3.8, 4) is 33.4 Å². The number of hydrogen-bond acceptors (Lipinski definition) is 1. The summed E-state index contributed by atoms with van der Waals surface area (Å²) in [6, 6.07) is 42.2. The molecule has 1 heteroatoms. The van der Waals surface area contributed by atoms with E-state index in [9.17, 15) is 11.0 Å². The maximum absolute atomic E-state index is 9.92. The minimum atomic E-state index is -0.967. The summed E-state index contributed by atoms with van der Waals surface area (Å²) in [5.74, 6) is 0. The molecule has 0 N–H and O–H groups in total. The van der Waals surface area contributed by atoms with Gasteiger partial charge in [0.25, 0.3) is 0 Å². The van der Waals surface area contributed by atoms with Crippen LogP contribution >= 0.6 is 0 Å². The lowest BCUT2D eigenvalue weighted by Crippen LogP contribution is -2.28. The molecule has 0 radical (unpaired) electrons. The summed E-state index contributed by atoms with van der Waals surface area (Å²) < 4.78 is 120. The monoisotopic (exact) mass is 750 g/mol. The standard InChI is InChI=1S/C57H39N/c1-4-16-40(17-5-1)41-28-32-46(33-29-41)58(47-34-30-42(31-35-47)54-38-43-18-10-11-23-49(43)50-24-12-13-25-51(50)54)48-36-37-53-52-26-14-15-27-55(52)57(56(53)39-48,44-19-6-2-7-20-44)45-21-8-3-9-22-45/h1-39H/i1D,4D,5D,16D,17D,28D,29D,30D,31D,32D,33D,34D,35D. The van der Waals surface area contributed by atoms with E-state index in [1.165, 1.54) is 4.90 Å². The second-order valence-corrected chi connectivity index (χ2v) is 14.2. The molecular weight excluding hydrogens is 699 g/mol. The van der Waals surface area contributed by atoms with Crippen LogP contribution in [0.3, 0.4) is 0 Å². The van der Waals surface area contributed by atoms with E-state index in [0.717, 1.165) is 49.5 Å². The molecule has 0 fully saturated rings. The Labute approximate surface area is 358 Å². The molecule has 10 aromatic carbocycles. The van der Waals surface area contributed by atoms with E-state index in [1.54, 1.807) is 6.07 Å². The van der Waals surface area contributed by atoms with Gasteiger partial charge in [0.1, 0.15) is 0 Å². The molecule has 0 spiro atoms. The van der Waals surface area contributed by atoms with Gasteiger partial charge < -0.3 is 4.90 Å². The van der Waals surface area contributed by atoms with Gasteiger partial charge in [0.2, 0.25) is 0 Å². The van der Waals surface area contributed by atoms with Gasteiger partial charge in [0, 0.05) is 17.1 Å². The number of nitrogens with zero attached hydrogens (tertiary/aromatic N) is 1. The second kappa shape index (κ2) is 13.9. The van der Waals surface area contributed by atoms with Gasteiger partial charge in [-0.2, -0.15) is 0 Å². The summed E-state index contributed by atoms with van der Waals surface area (Å²) in [4.78, 5) is 1.25. The molecule has 0 saturated heterocycles. The van der Waals surface area contributed by atoms with E-state index in [4.69, 9.17) is 6.85 Å². The molecule has 0 unspecified atom stereocenters. The smallest absolute Gasteiger partial charge is 0.0714 e. The van der Waals surface area contributed by atoms with Crippen LogP contribution in [-0.2, 0) is 5.41 Å². The van der Waals surface area contributed by atoms with Crippen LogP contribution in [0, 0.1) is 0 Å². The van der Waals surface area contributed by atoms with Crippen LogP contribution in [0.2, 0.25) is 0 Å². The van der Waals surface area contributed by atoms with Gasteiger partial charge in [-0.1, -0.05) is 194 Å². The molecular formula is C57H39N. The van der Waals surface area contributed by atoms with Crippen LogP contribution in [-0.4, -0.2) is 0 Å². The minimum Gasteiger partial charge on any atom is -0.310 e. The zero-order chi connectivity index (χ0) is 49.8. The highest BCUT2D eigenvalue weighted by Crippen LogP contribution is 2.57. The summed E-state index contributed by atoms with van der Waals surface area (Å²) >= 11 is 0. The van der Waals surface area contributed by atoms with Crippen molar-refractivity contribution in [3.05, 3.63) is 259 Å². The van der Waals surface area contributed by atoms with Crippen molar-refractivity contribution < 1.29 is 17.8 Å². The maximum Gasteiger partial charge on any atom is 0.0714 e. The fraction of sp³-hybridized carbons (Fsp3) is 0.0175. The molecule has 58 heavy (non-hydrogen) atoms. The summed E-state index contributed by atoms with van der Waals surface area (Å²) in [5.41, 5.74) is 3.23. The lowest BCUT2D eigenvalue weighted by Gasteiger charge is -2.35. The number of rotatable bonds is 7. The van der Waals surface area contributed by atoms with Crippen molar-refractivity contribution in [3.63, 3.8) is 0 Å². The minimum absolute atomic E-state index is 0.0262. The van der Waals surface area contributed by atoms with Gasteiger partial charge >= 0.3 is 0 Å². The summed E-state index contributed by atoms with van der Waals surface area (Å²) in [7, 11) is 0. The average molecular weight is 751 g/mol. The number of fused-ring (bicyclic) bond motifs is 6. The first-order chi connectivity index (χ1) is 34.2. The Balaban J connectivity index is 1.25. The maximum atomic E-state index is 9.92. The van der Waals surface area contributed by atoms with E-state index in [-0.39, 0.29) is 16.9 Å². The van der Waals surface area contributed by atoms with Crippen LogP contribution in [0.25, 0.3) is 54.9 Å². The summed E-state index contributed by atoms with van der Waals surface area (Å²) in [5, 5.41) is 3.33. The SMILES string of the molecule is [2H]c1c([2H])c([2H])c(-c2c([2H])c([2H])c(N(c3ccc4c(c3)C(c3ccccc3)(c3ccccc3)c3ccccc3-4)c3c([2H])c([2H])c(-c4cc5ccccc5c5ccccc45)c([2H])c3[2H])c([2H])c2[2H])c([2H])c1[2H]. The first kappa shape index (κ1) is 22.9. The molecule has 0 aliphatic heterocycles. The van der Waals surface area contributed by atoms with E-state index >= 15 is 0 Å². The van der Waals surface area contributed by atoms with Crippen molar-refractivity contribution in [2.45, 2.75) is 5.41 Å². The van der Waals surface area contributed by atoms with Crippen LogP contribution in [0.1, 0.15) is 40.1 Å². The van der Waals surface area contributed by atoms with Gasteiger partial charge in [-0.25, -0.2) is 0 Å². The van der Waals surface area contributed by atoms with Crippen molar-refractivity contribution in [2.75, 3.05) is 4.90 Å². The van der Waals surface area contributed by atoms with Crippen molar-refractivity contribution in [1.82, 2.24) is 0 Å². The van der Waals surface area contributed by atoms with Crippen LogP contribution < -0.4 is 4.90 Å². The quantitative estimate of drug-likeness (QED) is 0.147. The Bertz CT molecular complexity index is 3750. The van der Waals surface area contributed by atoms with Crippen LogP contribution in [0.5, 0.6) is 0 Å². The molecule has 11 rings (SSSR count). The Morgan fingerprint density at radius 1 is 0.345 bits per heavy atom. The fourth-order valence-corrected chi connectivity index (χ4v) is 8.67. The molecule has 272 valence electrons. The Hall–Kier alpha value is -7.48. The van der Waals surface area contributed by atoms with Gasteiger partial charge in [-0.15, -0.1) is 0 Å². The fourth-order valence-electron chi connectivity index (χ4n) is 8.67. The molecule has 0 aromatic heterocycles. The highest BCUT2D eigenvalue weighted by atomic mass is 15.1.